The standard InChI is InChI=1S/C34H49N5O7S/c1-19(2)23(17-47(45,46)21-11-9-8-10-12-21)37-30(44)38-26(31(3,4)5)28(42)39-16-24-32(6,7)33(24)18-34(33,39)29(43)36-22(15-20-13-14-20)25(40)27(35)41/h8-12,19-20,22-24,26H,13-18H2,1-7H3,(H2,35,41)(H,36,43)(H2,37,38,44)/t22?,23?,24?,26-,33?,34?/m1/s1. The summed E-state index contributed by atoms with van der Waals surface area (Å²) in [5.74, 6) is -3.13. The highest BCUT2D eigenvalue weighted by Crippen LogP contribution is 2.91. The quantitative estimate of drug-likeness (QED) is 0.232. The minimum Gasteiger partial charge on any atom is -0.363 e. The molecule has 3 aliphatic carbocycles. The van der Waals surface area contributed by atoms with Crippen molar-refractivity contribution in [3.63, 3.8) is 0 Å². The Bertz CT molecular complexity index is 1580. The molecule has 1 saturated heterocycles. The zero-order chi connectivity index (χ0) is 34.9. The number of ketones is 1. The summed E-state index contributed by atoms with van der Waals surface area (Å²) < 4.78 is 26.2. The Balaban J connectivity index is 1.35. The third-order valence-corrected chi connectivity index (χ3v) is 13.1. The lowest BCUT2D eigenvalue weighted by Crippen LogP contribution is -2.63. The Labute approximate surface area is 277 Å². The molecule has 1 aliphatic heterocycles. The van der Waals surface area contributed by atoms with Gasteiger partial charge >= 0.3 is 6.03 Å². The van der Waals surface area contributed by atoms with Crippen LogP contribution < -0.4 is 21.7 Å². The smallest absolute Gasteiger partial charge is 0.315 e. The van der Waals surface area contributed by atoms with Gasteiger partial charge in [-0.05, 0) is 53.6 Å². The number of urea groups is 1. The highest BCUT2D eigenvalue weighted by Gasteiger charge is 2.98. The van der Waals surface area contributed by atoms with Crippen LogP contribution in [0.1, 0.15) is 74.1 Å². The molecule has 47 heavy (non-hydrogen) atoms. The van der Waals surface area contributed by atoms with Crippen molar-refractivity contribution in [1.82, 2.24) is 20.9 Å². The average molecular weight is 672 g/mol. The predicted molar refractivity (Wildman–Crippen MR) is 174 cm³/mol. The highest BCUT2D eigenvalue weighted by molar-refractivity contribution is 7.91. The van der Waals surface area contributed by atoms with E-state index in [0.29, 0.717) is 19.4 Å². The number of rotatable bonds is 13. The van der Waals surface area contributed by atoms with E-state index in [9.17, 15) is 32.4 Å². The first-order chi connectivity index (χ1) is 21.7. The van der Waals surface area contributed by atoms with Crippen LogP contribution in [-0.2, 0) is 29.0 Å². The Morgan fingerprint density at radius 3 is 2.13 bits per heavy atom. The lowest BCUT2D eigenvalue weighted by molar-refractivity contribution is -0.147. The van der Waals surface area contributed by atoms with Gasteiger partial charge in [-0.1, -0.05) is 79.5 Å². The van der Waals surface area contributed by atoms with Gasteiger partial charge in [0.1, 0.15) is 11.6 Å². The molecule has 1 aromatic carbocycles. The number of nitrogens with zero attached hydrogens (tertiary/aromatic N) is 1. The van der Waals surface area contributed by atoms with Gasteiger partial charge in [0.25, 0.3) is 5.91 Å². The van der Waals surface area contributed by atoms with E-state index in [2.05, 4.69) is 29.8 Å². The average Bonchev–Trinajstić information content (AvgIpc) is 3.93. The van der Waals surface area contributed by atoms with Crippen LogP contribution in [0, 0.1) is 34.0 Å². The maximum atomic E-state index is 14.5. The number of carbonyl (C=O) groups excluding carboxylic acids is 5. The molecule has 1 aromatic rings. The maximum Gasteiger partial charge on any atom is 0.315 e. The van der Waals surface area contributed by atoms with Gasteiger partial charge in [0, 0.05) is 18.0 Å². The molecule has 0 radical (unpaired) electrons. The second-order valence-corrected chi connectivity index (χ2v) is 18.1. The number of piperidine rings is 2. The van der Waals surface area contributed by atoms with Crippen LogP contribution in [0.15, 0.2) is 35.2 Å². The summed E-state index contributed by atoms with van der Waals surface area (Å²) in [4.78, 5) is 68.4. The molecule has 0 aromatic heterocycles. The number of sulfone groups is 1. The first kappa shape index (κ1) is 34.8. The van der Waals surface area contributed by atoms with Crippen molar-refractivity contribution in [3.05, 3.63) is 30.3 Å². The molecular formula is C34H49N5O7S. The monoisotopic (exact) mass is 671 g/mol. The molecule has 258 valence electrons. The first-order valence-corrected chi connectivity index (χ1v) is 18.2. The fourth-order valence-corrected chi connectivity index (χ4v) is 9.82. The largest absolute Gasteiger partial charge is 0.363 e. The van der Waals surface area contributed by atoms with Gasteiger partial charge in [-0.25, -0.2) is 13.2 Å². The van der Waals surface area contributed by atoms with E-state index in [4.69, 9.17) is 5.73 Å². The van der Waals surface area contributed by atoms with Crippen molar-refractivity contribution in [3.8, 4) is 0 Å². The number of carbonyl (C=O) groups is 5. The zero-order valence-electron chi connectivity index (χ0n) is 28.4. The summed E-state index contributed by atoms with van der Waals surface area (Å²) >= 11 is 0. The molecule has 13 heteroatoms. The van der Waals surface area contributed by atoms with Crippen LogP contribution in [0.3, 0.4) is 0 Å². The molecule has 0 bridgehead atoms. The fourth-order valence-electron chi connectivity index (χ4n) is 8.11. The van der Waals surface area contributed by atoms with E-state index in [-0.39, 0.29) is 33.8 Å². The third kappa shape index (κ3) is 5.93. The lowest BCUT2D eigenvalue weighted by Gasteiger charge is -2.39. The lowest BCUT2D eigenvalue weighted by atomic mass is 9.85. The van der Waals surface area contributed by atoms with Crippen molar-refractivity contribution in [1.29, 1.82) is 0 Å². The minimum atomic E-state index is -3.71. The molecule has 1 spiro atoms. The van der Waals surface area contributed by atoms with Crippen LogP contribution in [-0.4, -0.2) is 78.8 Å². The molecular weight excluding hydrogens is 622 g/mol. The second kappa shape index (κ2) is 11.6. The van der Waals surface area contributed by atoms with Crippen molar-refractivity contribution in [2.24, 2.45) is 39.7 Å². The van der Waals surface area contributed by atoms with Crippen molar-refractivity contribution in [2.45, 2.75) is 103 Å². The van der Waals surface area contributed by atoms with Crippen LogP contribution in [0.25, 0.3) is 0 Å². The first-order valence-electron chi connectivity index (χ1n) is 16.5. The molecule has 4 fully saturated rings. The molecule has 1 heterocycles. The van der Waals surface area contributed by atoms with E-state index >= 15 is 0 Å². The third-order valence-electron chi connectivity index (χ3n) is 11.3. The number of primary amides is 1. The molecule has 5 unspecified atom stereocenters. The van der Waals surface area contributed by atoms with E-state index in [1.54, 1.807) is 23.1 Å². The highest BCUT2D eigenvalue weighted by atomic mass is 32.2. The number of likely N-dealkylation sites (tertiary alicyclic amines) is 1. The van der Waals surface area contributed by atoms with Crippen LogP contribution in [0.4, 0.5) is 4.79 Å². The molecule has 12 nitrogen and oxygen atoms in total. The maximum absolute atomic E-state index is 14.5. The molecule has 6 atom stereocenters. The summed E-state index contributed by atoms with van der Waals surface area (Å²) in [5.41, 5.74) is 2.65. The van der Waals surface area contributed by atoms with Gasteiger partial charge in [0.15, 0.2) is 9.84 Å². The molecule has 4 aliphatic rings. The summed E-state index contributed by atoms with van der Waals surface area (Å²) in [6, 6.07) is 4.48. The number of amides is 5. The minimum absolute atomic E-state index is 0.0568. The Hall–Kier alpha value is -3.48. The molecule has 5 rings (SSSR count). The Kier molecular flexibility index (Phi) is 8.59. The van der Waals surface area contributed by atoms with Crippen molar-refractivity contribution < 1.29 is 32.4 Å². The van der Waals surface area contributed by atoms with Gasteiger partial charge in [-0.2, -0.15) is 0 Å². The fraction of sp³-hybridized carbons (Fsp3) is 0.676. The number of hydrogen-bond donors (Lipinski definition) is 4. The number of benzene rings is 1. The van der Waals surface area contributed by atoms with E-state index in [1.165, 1.54) is 12.1 Å². The van der Waals surface area contributed by atoms with Crippen LogP contribution in [0.5, 0.6) is 0 Å². The van der Waals surface area contributed by atoms with E-state index in [0.717, 1.165) is 12.8 Å². The summed E-state index contributed by atoms with van der Waals surface area (Å²) in [7, 11) is -3.71. The predicted octanol–water partition coefficient (Wildman–Crippen LogP) is 2.17. The Morgan fingerprint density at radius 1 is 1.00 bits per heavy atom. The van der Waals surface area contributed by atoms with Crippen LogP contribution >= 0.6 is 0 Å². The summed E-state index contributed by atoms with van der Waals surface area (Å²) in [6.45, 7) is 13.5. The molecule has 5 N–H and O–H groups in total. The molecule has 3 saturated carbocycles. The van der Waals surface area contributed by atoms with Gasteiger partial charge in [0.05, 0.1) is 16.7 Å². The van der Waals surface area contributed by atoms with Crippen molar-refractivity contribution in [2.75, 3.05) is 12.3 Å². The number of nitrogens with one attached hydrogen (secondary N) is 3. The van der Waals surface area contributed by atoms with Gasteiger partial charge in [-0.15, -0.1) is 0 Å². The zero-order valence-corrected chi connectivity index (χ0v) is 29.2. The topological polar surface area (TPSA) is 185 Å². The second-order valence-electron chi connectivity index (χ2n) is 16.0. The normalized spacial score (nSPS) is 27.5. The number of nitrogens with two attached hydrogens (primary N) is 1. The summed E-state index contributed by atoms with van der Waals surface area (Å²) in [6.07, 6.45) is 2.56. The van der Waals surface area contributed by atoms with Gasteiger partial charge < -0.3 is 26.6 Å². The SMILES string of the molecule is CC(C)C(CS(=O)(=O)c1ccccc1)NC(=O)N[C@H](C(=O)N1CC2C(C)(C)C23CC13C(=O)NC(CC1CC1)C(=O)C(N)=O)C(C)(C)C. The number of hydrogen-bond acceptors (Lipinski definition) is 7. The van der Waals surface area contributed by atoms with E-state index in [1.807, 2.05) is 34.6 Å². The van der Waals surface area contributed by atoms with E-state index < -0.39 is 73.9 Å². The van der Waals surface area contributed by atoms with Crippen molar-refractivity contribution >= 4 is 39.4 Å². The van der Waals surface area contributed by atoms with Crippen LogP contribution in [0.2, 0.25) is 0 Å². The summed E-state index contributed by atoms with van der Waals surface area (Å²) in [5, 5.41) is 8.42. The number of Topliss-reactive ketones (excluding diaryl/α,β-unsaturated/α-hetero) is 1. The van der Waals surface area contributed by atoms with Gasteiger partial charge in [0.2, 0.25) is 17.6 Å². The molecule has 5 amide bonds. The Morgan fingerprint density at radius 2 is 1.62 bits per heavy atom. The van der Waals surface area contributed by atoms with Gasteiger partial charge in [-0.3, -0.25) is 19.2 Å².